The molecule has 0 aromatic heterocycles. The van der Waals surface area contributed by atoms with Gasteiger partial charge in [0, 0.05) is 28.6 Å². The molecule has 148 valence electrons. The number of hydrogen-bond donors (Lipinski definition) is 2. The SMILES string of the molecule is CCCNc1cccc(-c2c(OCC(C)O)ccc3c2=C(CCC)C(=O)N=3)c1. The molecule has 0 aliphatic carbocycles. The summed E-state index contributed by atoms with van der Waals surface area (Å²) in [6.07, 6.45) is 2.00. The zero-order chi connectivity index (χ0) is 20.1. The minimum atomic E-state index is -0.580. The van der Waals surface area contributed by atoms with Crippen LogP contribution in [0.2, 0.25) is 0 Å². The maximum absolute atomic E-state index is 12.5. The van der Waals surface area contributed by atoms with Crippen LogP contribution in [0.5, 0.6) is 5.75 Å². The number of ether oxygens (including phenoxy) is 1. The van der Waals surface area contributed by atoms with Gasteiger partial charge in [-0.05, 0) is 49.6 Å². The first-order chi connectivity index (χ1) is 13.5. The highest BCUT2D eigenvalue weighted by molar-refractivity contribution is 6.16. The normalized spacial score (nSPS) is 13.9. The van der Waals surface area contributed by atoms with Gasteiger partial charge in [0.1, 0.15) is 12.4 Å². The molecular weight excluding hydrogens is 352 g/mol. The van der Waals surface area contributed by atoms with Crippen LogP contribution >= 0.6 is 0 Å². The van der Waals surface area contributed by atoms with Crippen molar-refractivity contribution in [2.45, 2.75) is 46.1 Å². The van der Waals surface area contributed by atoms with Crippen molar-refractivity contribution in [2.75, 3.05) is 18.5 Å². The van der Waals surface area contributed by atoms with E-state index in [1.807, 2.05) is 30.3 Å². The van der Waals surface area contributed by atoms with Gasteiger partial charge in [-0.25, -0.2) is 4.99 Å². The van der Waals surface area contributed by atoms with E-state index >= 15 is 0 Å². The van der Waals surface area contributed by atoms with Crippen molar-refractivity contribution in [1.29, 1.82) is 0 Å². The summed E-state index contributed by atoms with van der Waals surface area (Å²) in [6, 6.07) is 11.8. The minimum Gasteiger partial charge on any atom is -0.490 e. The van der Waals surface area contributed by atoms with Crippen molar-refractivity contribution in [3.05, 3.63) is 47.0 Å². The fourth-order valence-corrected chi connectivity index (χ4v) is 3.41. The molecule has 1 amide bonds. The number of fused-ring (bicyclic) bond motifs is 1. The van der Waals surface area contributed by atoms with Gasteiger partial charge >= 0.3 is 0 Å². The predicted octanol–water partition coefficient (Wildman–Crippen LogP) is 3.05. The summed E-state index contributed by atoms with van der Waals surface area (Å²) in [5.74, 6) is 0.497. The van der Waals surface area contributed by atoms with Crippen molar-refractivity contribution >= 4 is 17.2 Å². The van der Waals surface area contributed by atoms with E-state index in [1.165, 1.54) is 0 Å². The van der Waals surface area contributed by atoms with E-state index in [9.17, 15) is 9.90 Å². The molecule has 1 aliphatic heterocycles. The lowest BCUT2D eigenvalue weighted by Gasteiger charge is -2.15. The average molecular weight is 380 g/mol. The number of anilines is 1. The monoisotopic (exact) mass is 380 g/mol. The largest absolute Gasteiger partial charge is 0.490 e. The number of hydrogen-bond acceptors (Lipinski definition) is 4. The molecule has 0 bridgehead atoms. The Bertz CT molecular complexity index is 980. The van der Waals surface area contributed by atoms with Crippen molar-refractivity contribution in [1.82, 2.24) is 0 Å². The van der Waals surface area contributed by atoms with Gasteiger partial charge in [0.25, 0.3) is 5.91 Å². The topological polar surface area (TPSA) is 70.9 Å². The summed E-state index contributed by atoms with van der Waals surface area (Å²) in [5, 5.41) is 14.6. The Balaban J connectivity index is 2.22. The quantitative estimate of drug-likeness (QED) is 0.701. The van der Waals surface area contributed by atoms with Crippen LogP contribution in [0, 0.1) is 0 Å². The molecule has 5 nitrogen and oxygen atoms in total. The summed E-state index contributed by atoms with van der Waals surface area (Å²) < 4.78 is 5.92. The number of aliphatic hydroxyl groups is 1. The maximum Gasteiger partial charge on any atom is 0.274 e. The van der Waals surface area contributed by atoms with E-state index in [0.717, 1.165) is 47.0 Å². The smallest absolute Gasteiger partial charge is 0.274 e. The van der Waals surface area contributed by atoms with E-state index in [1.54, 1.807) is 6.92 Å². The number of benzene rings is 2. The molecule has 2 N–H and O–H groups in total. The zero-order valence-corrected chi connectivity index (χ0v) is 16.8. The maximum atomic E-state index is 12.5. The molecule has 28 heavy (non-hydrogen) atoms. The van der Waals surface area contributed by atoms with E-state index in [2.05, 4.69) is 30.2 Å². The Kier molecular flexibility index (Phi) is 6.47. The third kappa shape index (κ3) is 4.25. The van der Waals surface area contributed by atoms with Crippen LogP contribution in [0.25, 0.3) is 16.7 Å². The zero-order valence-electron chi connectivity index (χ0n) is 16.8. The van der Waals surface area contributed by atoms with Gasteiger partial charge in [0.2, 0.25) is 0 Å². The molecule has 0 fully saturated rings. The fourth-order valence-electron chi connectivity index (χ4n) is 3.41. The Labute approximate surface area is 165 Å². The van der Waals surface area contributed by atoms with Gasteiger partial charge in [0.15, 0.2) is 0 Å². The molecule has 0 radical (unpaired) electrons. The van der Waals surface area contributed by atoms with Crippen LogP contribution in [-0.4, -0.2) is 30.3 Å². The first-order valence-electron chi connectivity index (χ1n) is 9.99. The molecule has 1 aliphatic rings. The predicted molar refractivity (Wildman–Crippen MR) is 112 cm³/mol. The highest BCUT2D eigenvalue weighted by Gasteiger charge is 2.21. The second kappa shape index (κ2) is 9.02. The van der Waals surface area contributed by atoms with Gasteiger partial charge in [-0.1, -0.05) is 32.4 Å². The first kappa shape index (κ1) is 20.1. The molecule has 1 heterocycles. The molecule has 0 spiro atoms. The number of nitrogens with one attached hydrogen (secondary N) is 1. The molecule has 3 rings (SSSR count). The molecule has 0 saturated carbocycles. The van der Waals surface area contributed by atoms with Crippen LogP contribution in [0.4, 0.5) is 5.69 Å². The number of aliphatic hydroxyl groups excluding tert-OH is 1. The van der Waals surface area contributed by atoms with Crippen LogP contribution in [0.1, 0.15) is 40.0 Å². The summed E-state index contributed by atoms with van der Waals surface area (Å²) in [6.45, 7) is 6.95. The van der Waals surface area contributed by atoms with Crippen molar-refractivity contribution < 1.29 is 14.6 Å². The third-order valence-corrected chi connectivity index (χ3v) is 4.64. The Morgan fingerprint density at radius 2 is 2.00 bits per heavy atom. The van der Waals surface area contributed by atoms with Crippen LogP contribution < -0.4 is 20.6 Å². The second-order valence-electron chi connectivity index (χ2n) is 7.15. The molecule has 0 saturated heterocycles. The molecular formula is C23H28N2O3. The van der Waals surface area contributed by atoms with Gasteiger partial charge < -0.3 is 15.2 Å². The fraction of sp³-hybridized carbons (Fsp3) is 0.391. The number of rotatable bonds is 9. The number of carbonyl (C=O) groups excluding carboxylic acids is 1. The van der Waals surface area contributed by atoms with Gasteiger partial charge in [0.05, 0.1) is 11.5 Å². The van der Waals surface area contributed by atoms with E-state index < -0.39 is 6.10 Å². The average Bonchev–Trinajstić information content (AvgIpc) is 3.00. The van der Waals surface area contributed by atoms with E-state index in [4.69, 9.17) is 4.74 Å². The Morgan fingerprint density at radius 3 is 2.71 bits per heavy atom. The first-order valence-corrected chi connectivity index (χ1v) is 9.99. The van der Waals surface area contributed by atoms with Crippen molar-refractivity contribution in [3.63, 3.8) is 0 Å². The summed E-state index contributed by atoms with van der Waals surface area (Å²) >= 11 is 0. The number of amides is 1. The van der Waals surface area contributed by atoms with Crippen LogP contribution in [0.15, 0.2) is 41.4 Å². The van der Waals surface area contributed by atoms with E-state index in [-0.39, 0.29) is 12.5 Å². The highest BCUT2D eigenvalue weighted by Crippen LogP contribution is 2.29. The Morgan fingerprint density at radius 1 is 1.18 bits per heavy atom. The Hall–Kier alpha value is -2.66. The number of nitrogens with zero attached hydrogens (tertiary/aromatic N) is 1. The lowest BCUT2D eigenvalue weighted by molar-refractivity contribution is -0.112. The second-order valence-corrected chi connectivity index (χ2v) is 7.15. The summed E-state index contributed by atoms with van der Waals surface area (Å²) in [5.41, 5.74) is 3.60. The number of carbonyl (C=O) groups is 1. The lowest BCUT2D eigenvalue weighted by atomic mass is 9.97. The molecule has 2 aromatic rings. The van der Waals surface area contributed by atoms with Gasteiger partial charge in [-0.15, -0.1) is 0 Å². The highest BCUT2D eigenvalue weighted by atomic mass is 16.5. The standard InChI is InChI=1S/C23H28N2O3/c1-4-7-18-22-19(25-23(18)27)10-11-20(28-14-15(3)26)21(22)16-8-6-9-17(13-16)24-12-5-2/h6,8-11,13,15,24,26H,4-5,7,12,14H2,1-3H3. The van der Waals surface area contributed by atoms with Gasteiger partial charge in [-0.2, -0.15) is 0 Å². The van der Waals surface area contributed by atoms with Gasteiger partial charge in [-0.3, -0.25) is 4.79 Å². The molecule has 2 aromatic carbocycles. The van der Waals surface area contributed by atoms with Crippen molar-refractivity contribution in [2.24, 2.45) is 4.99 Å². The minimum absolute atomic E-state index is 0.161. The molecule has 1 unspecified atom stereocenters. The molecule has 1 atom stereocenters. The lowest BCUT2D eigenvalue weighted by Crippen LogP contribution is -2.27. The summed E-state index contributed by atoms with van der Waals surface area (Å²) in [4.78, 5) is 16.7. The van der Waals surface area contributed by atoms with E-state index in [0.29, 0.717) is 17.5 Å². The summed E-state index contributed by atoms with van der Waals surface area (Å²) in [7, 11) is 0. The van der Waals surface area contributed by atoms with Crippen LogP contribution in [0.3, 0.4) is 0 Å². The van der Waals surface area contributed by atoms with Crippen LogP contribution in [-0.2, 0) is 4.79 Å². The van der Waals surface area contributed by atoms with Crippen molar-refractivity contribution in [3.8, 4) is 16.9 Å². The third-order valence-electron chi connectivity index (χ3n) is 4.64. The molecule has 5 heteroatoms.